The zero-order chi connectivity index (χ0) is 20.0. The molecule has 0 saturated carbocycles. The van der Waals surface area contributed by atoms with E-state index in [9.17, 15) is 22.8 Å². The molecule has 0 unspecified atom stereocenters. The quantitative estimate of drug-likeness (QED) is 0.834. The first-order valence-electron chi connectivity index (χ1n) is 8.08. The molecule has 0 aromatic heterocycles. The van der Waals surface area contributed by atoms with Gasteiger partial charge in [-0.05, 0) is 42.3 Å². The van der Waals surface area contributed by atoms with Crippen molar-refractivity contribution in [1.29, 1.82) is 0 Å². The first kappa shape index (κ1) is 20.3. The molecular formula is C19H19F3N2O3. The van der Waals surface area contributed by atoms with Crippen LogP contribution in [0.1, 0.15) is 11.1 Å². The van der Waals surface area contributed by atoms with Crippen molar-refractivity contribution in [2.75, 3.05) is 18.9 Å². The molecule has 2 rings (SSSR count). The Morgan fingerprint density at radius 1 is 1.07 bits per heavy atom. The van der Waals surface area contributed by atoms with Crippen LogP contribution in [0.5, 0.6) is 5.75 Å². The van der Waals surface area contributed by atoms with Crippen molar-refractivity contribution < 1.29 is 27.5 Å². The molecule has 8 heteroatoms. The second kappa shape index (κ2) is 8.57. The second-order valence-electron chi connectivity index (χ2n) is 5.97. The van der Waals surface area contributed by atoms with Crippen LogP contribution >= 0.6 is 0 Å². The number of aryl methyl sites for hydroxylation is 1. The Bertz CT molecular complexity index is 805. The van der Waals surface area contributed by atoms with E-state index >= 15 is 0 Å². The maximum atomic E-state index is 12.3. The number of alkyl halides is 3. The van der Waals surface area contributed by atoms with Crippen LogP contribution in [0.4, 0.5) is 18.9 Å². The molecular weight excluding hydrogens is 361 g/mol. The maximum absolute atomic E-state index is 12.3. The van der Waals surface area contributed by atoms with E-state index in [4.69, 9.17) is 0 Å². The van der Waals surface area contributed by atoms with E-state index in [1.54, 1.807) is 0 Å². The summed E-state index contributed by atoms with van der Waals surface area (Å²) < 4.78 is 40.1. The summed E-state index contributed by atoms with van der Waals surface area (Å²) >= 11 is 0. The van der Waals surface area contributed by atoms with Crippen LogP contribution in [-0.2, 0) is 16.0 Å². The van der Waals surface area contributed by atoms with Gasteiger partial charge in [-0.1, -0.05) is 24.3 Å². The molecule has 0 spiro atoms. The Hall–Kier alpha value is -3.03. The highest BCUT2D eigenvalue weighted by molar-refractivity contribution is 5.94. The second-order valence-corrected chi connectivity index (χ2v) is 5.97. The first-order valence-corrected chi connectivity index (χ1v) is 8.08. The average Bonchev–Trinajstić information content (AvgIpc) is 2.57. The number of hydrogen-bond donors (Lipinski definition) is 1. The number of rotatable bonds is 6. The number of nitrogens with one attached hydrogen (secondary N) is 1. The van der Waals surface area contributed by atoms with Gasteiger partial charge in [0.1, 0.15) is 5.75 Å². The van der Waals surface area contributed by atoms with Gasteiger partial charge in [0.2, 0.25) is 11.8 Å². The third-order valence-corrected chi connectivity index (χ3v) is 3.78. The third kappa shape index (κ3) is 6.65. The van der Waals surface area contributed by atoms with Gasteiger partial charge in [0.15, 0.2) is 0 Å². The number of likely N-dealkylation sites (N-methyl/N-ethyl adjacent to an activating group) is 1. The SMILES string of the molecule is Cc1ccccc1CC(=O)N(C)CC(=O)Nc1ccc(OC(F)(F)F)cc1. The van der Waals surface area contributed by atoms with Crippen molar-refractivity contribution in [2.45, 2.75) is 19.7 Å². The Kier molecular flexibility index (Phi) is 6.44. The first-order chi connectivity index (χ1) is 12.6. The minimum Gasteiger partial charge on any atom is -0.406 e. The summed E-state index contributed by atoms with van der Waals surface area (Å²) in [6.07, 6.45) is -4.59. The normalized spacial score (nSPS) is 11.0. The lowest BCUT2D eigenvalue weighted by atomic mass is 10.1. The molecule has 0 radical (unpaired) electrons. The molecule has 0 bridgehead atoms. The van der Waals surface area contributed by atoms with Gasteiger partial charge in [0.25, 0.3) is 0 Å². The molecule has 0 heterocycles. The van der Waals surface area contributed by atoms with Crippen molar-refractivity contribution in [1.82, 2.24) is 4.90 Å². The molecule has 144 valence electrons. The minimum absolute atomic E-state index is 0.175. The van der Waals surface area contributed by atoms with E-state index in [1.807, 2.05) is 31.2 Å². The fourth-order valence-corrected chi connectivity index (χ4v) is 2.35. The van der Waals surface area contributed by atoms with E-state index in [-0.39, 0.29) is 24.6 Å². The van der Waals surface area contributed by atoms with Crippen molar-refractivity contribution >= 4 is 17.5 Å². The number of halogens is 3. The zero-order valence-corrected chi connectivity index (χ0v) is 14.8. The number of hydrogen-bond acceptors (Lipinski definition) is 3. The number of ether oxygens (including phenoxy) is 1. The molecule has 2 amide bonds. The largest absolute Gasteiger partial charge is 0.573 e. The van der Waals surface area contributed by atoms with Crippen LogP contribution in [0, 0.1) is 6.92 Å². The number of benzene rings is 2. The van der Waals surface area contributed by atoms with Crippen molar-refractivity contribution in [3.8, 4) is 5.75 Å². The number of anilines is 1. The molecule has 2 aromatic rings. The molecule has 0 saturated heterocycles. The van der Waals surface area contributed by atoms with Gasteiger partial charge in [0, 0.05) is 12.7 Å². The summed E-state index contributed by atoms with van der Waals surface area (Å²) in [7, 11) is 1.51. The van der Waals surface area contributed by atoms with Gasteiger partial charge < -0.3 is 15.0 Å². The highest BCUT2D eigenvalue weighted by Gasteiger charge is 2.31. The zero-order valence-electron chi connectivity index (χ0n) is 14.8. The molecule has 0 aliphatic carbocycles. The van der Waals surface area contributed by atoms with Crippen molar-refractivity contribution in [2.24, 2.45) is 0 Å². The monoisotopic (exact) mass is 380 g/mol. The van der Waals surface area contributed by atoms with E-state index in [0.29, 0.717) is 5.69 Å². The van der Waals surface area contributed by atoms with Gasteiger partial charge in [-0.3, -0.25) is 9.59 Å². The molecule has 0 atom stereocenters. The number of amides is 2. The maximum Gasteiger partial charge on any atom is 0.573 e. The Labute approximate surface area is 154 Å². The van der Waals surface area contributed by atoms with E-state index in [0.717, 1.165) is 23.3 Å². The van der Waals surface area contributed by atoms with Crippen molar-refractivity contribution in [3.05, 3.63) is 59.7 Å². The molecule has 1 N–H and O–H groups in total. The van der Waals surface area contributed by atoms with Crippen LogP contribution in [0.15, 0.2) is 48.5 Å². The summed E-state index contributed by atoms with van der Waals surface area (Å²) in [6.45, 7) is 1.73. The summed E-state index contributed by atoms with van der Waals surface area (Å²) in [6, 6.07) is 12.2. The van der Waals surface area contributed by atoms with Crippen LogP contribution in [-0.4, -0.2) is 36.7 Å². The topological polar surface area (TPSA) is 58.6 Å². The number of carbonyl (C=O) groups is 2. The van der Waals surface area contributed by atoms with Gasteiger partial charge in [-0.2, -0.15) is 0 Å². The summed E-state index contributed by atoms with van der Waals surface area (Å²) in [5.74, 6) is -1.06. The molecule has 27 heavy (non-hydrogen) atoms. The number of carbonyl (C=O) groups excluding carboxylic acids is 2. The lowest BCUT2D eigenvalue weighted by Gasteiger charge is -2.17. The molecule has 0 aliphatic heterocycles. The molecule has 0 fully saturated rings. The average molecular weight is 380 g/mol. The van der Waals surface area contributed by atoms with Gasteiger partial charge in [0.05, 0.1) is 13.0 Å². The van der Waals surface area contributed by atoms with Gasteiger partial charge in [-0.15, -0.1) is 13.2 Å². The van der Waals surface area contributed by atoms with Gasteiger partial charge in [-0.25, -0.2) is 0 Å². The Morgan fingerprint density at radius 2 is 1.70 bits per heavy atom. The van der Waals surface area contributed by atoms with Crippen LogP contribution in [0.25, 0.3) is 0 Å². The number of nitrogens with zero attached hydrogens (tertiary/aromatic N) is 1. The fraction of sp³-hybridized carbons (Fsp3) is 0.263. The van der Waals surface area contributed by atoms with Crippen LogP contribution < -0.4 is 10.1 Å². The standard InChI is InChI=1S/C19H19F3N2O3/c1-13-5-3-4-6-14(13)11-18(26)24(2)12-17(25)23-15-7-9-16(10-8-15)27-19(20,21)22/h3-10H,11-12H2,1-2H3,(H,23,25). The minimum atomic E-state index is -4.77. The fourth-order valence-electron chi connectivity index (χ4n) is 2.35. The molecule has 5 nitrogen and oxygen atoms in total. The van der Waals surface area contributed by atoms with Crippen LogP contribution in [0.2, 0.25) is 0 Å². The molecule has 0 aliphatic rings. The summed E-state index contributed by atoms with van der Waals surface area (Å²) in [4.78, 5) is 25.6. The van der Waals surface area contributed by atoms with E-state index < -0.39 is 12.3 Å². The predicted molar refractivity (Wildman–Crippen MR) is 94.3 cm³/mol. The predicted octanol–water partition coefficient (Wildman–Crippen LogP) is 3.53. The Morgan fingerprint density at radius 3 is 2.30 bits per heavy atom. The lowest BCUT2D eigenvalue weighted by molar-refractivity contribution is -0.274. The highest BCUT2D eigenvalue weighted by Crippen LogP contribution is 2.23. The lowest BCUT2D eigenvalue weighted by Crippen LogP contribution is -2.35. The smallest absolute Gasteiger partial charge is 0.406 e. The summed E-state index contributed by atoms with van der Waals surface area (Å²) in [5.41, 5.74) is 2.18. The summed E-state index contributed by atoms with van der Waals surface area (Å²) in [5, 5.41) is 2.52. The van der Waals surface area contributed by atoms with Crippen molar-refractivity contribution in [3.63, 3.8) is 0 Å². The van der Waals surface area contributed by atoms with Gasteiger partial charge >= 0.3 is 6.36 Å². The Balaban J connectivity index is 1.87. The van der Waals surface area contributed by atoms with E-state index in [1.165, 1.54) is 24.1 Å². The third-order valence-electron chi connectivity index (χ3n) is 3.78. The van der Waals surface area contributed by atoms with E-state index in [2.05, 4.69) is 10.1 Å². The van der Waals surface area contributed by atoms with Crippen LogP contribution in [0.3, 0.4) is 0 Å². The highest BCUT2D eigenvalue weighted by atomic mass is 19.4. The molecule has 2 aromatic carbocycles.